The molecule has 1 aliphatic rings. The number of amides is 2. The highest BCUT2D eigenvalue weighted by molar-refractivity contribution is 7.93. The summed E-state index contributed by atoms with van der Waals surface area (Å²) in [6.07, 6.45) is 3.91. The van der Waals surface area contributed by atoms with Gasteiger partial charge in [0.25, 0.3) is 0 Å². The van der Waals surface area contributed by atoms with Crippen molar-refractivity contribution in [3.8, 4) is 6.01 Å². The Balaban J connectivity index is 2.14. The molecule has 1 unspecified atom stereocenters. The van der Waals surface area contributed by atoms with Crippen LogP contribution >= 0.6 is 12.2 Å². The van der Waals surface area contributed by atoms with E-state index in [1.807, 2.05) is 0 Å². The number of hydrogen-bond acceptors (Lipinski definition) is 10. The summed E-state index contributed by atoms with van der Waals surface area (Å²) >= 11 is 5.05. The number of urea groups is 1. The average Bonchev–Trinajstić information content (AvgIpc) is 2.59. The van der Waals surface area contributed by atoms with E-state index in [0.29, 0.717) is 0 Å². The normalized spacial score (nSPS) is 16.3. The molecule has 13 heteroatoms. The molecule has 0 aromatic carbocycles. The molecule has 2 amide bonds. The van der Waals surface area contributed by atoms with E-state index in [0.717, 1.165) is 7.11 Å². The number of anilines is 1. The van der Waals surface area contributed by atoms with Gasteiger partial charge in [0.05, 0.1) is 24.7 Å². The summed E-state index contributed by atoms with van der Waals surface area (Å²) < 4.78 is 36.2. The van der Waals surface area contributed by atoms with Gasteiger partial charge < -0.3 is 9.47 Å². The molecule has 0 radical (unpaired) electrons. The lowest BCUT2D eigenvalue weighted by atomic mass is 10.0. The van der Waals surface area contributed by atoms with Gasteiger partial charge in [0.1, 0.15) is 11.1 Å². The summed E-state index contributed by atoms with van der Waals surface area (Å²) in [6.45, 7) is 1.54. The molecular formula is C14H15N5O6S2. The lowest BCUT2D eigenvalue weighted by Gasteiger charge is -2.19. The minimum atomic E-state index is -4.29. The first kappa shape index (κ1) is 20.4. The molecule has 2 N–H and O–H groups in total. The number of carbonyl (C=O) groups is 2. The number of thiocarbonyl (C=S) groups is 1. The van der Waals surface area contributed by atoms with Crippen LogP contribution in [0.15, 0.2) is 23.8 Å². The van der Waals surface area contributed by atoms with Gasteiger partial charge in [-0.2, -0.15) is 15.0 Å². The molecule has 1 aromatic heterocycles. The van der Waals surface area contributed by atoms with Gasteiger partial charge in [-0.1, -0.05) is 24.4 Å². The summed E-state index contributed by atoms with van der Waals surface area (Å²) in [5.41, 5.74) is -0.0800. The van der Waals surface area contributed by atoms with Crippen molar-refractivity contribution < 1.29 is 27.5 Å². The van der Waals surface area contributed by atoms with E-state index in [9.17, 15) is 18.0 Å². The molecule has 1 heterocycles. The average molecular weight is 413 g/mol. The minimum absolute atomic E-state index is 0.0510. The van der Waals surface area contributed by atoms with Gasteiger partial charge in [-0.15, -0.1) is 0 Å². The van der Waals surface area contributed by atoms with Crippen LogP contribution in [0.1, 0.15) is 5.82 Å². The zero-order chi connectivity index (χ0) is 20.2. The van der Waals surface area contributed by atoms with E-state index in [2.05, 4.69) is 25.0 Å². The fourth-order valence-corrected chi connectivity index (χ4v) is 3.78. The van der Waals surface area contributed by atoms with Crippen LogP contribution in [0.2, 0.25) is 0 Å². The number of nitrogens with zero attached hydrogens (tertiary/aromatic N) is 3. The van der Waals surface area contributed by atoms with Crippen LogP contribution < -0.4 is 14.8 Å². The number of carbonyl (C=O) groups excluding carboxylic acids is 2. The van der Waals surface area contributed by atoms with Gasteiger partial charge in [0.15, 0.2) is 0 Å². The Kier molecular flexibility index (Phi) is 6.17. The number of ether oxygens (including phenoxy) is 2. The van der Waals surface area contributed by atoms with Crippen molar-refractivity contribution >= 4 is 45.1 Å². The number of nitrogens with one attached hydrogen (secondary N) is 2. The molecule has 2 rings (SSSR count). The second-order valence-corrected chi connectivity index (χ2v) is 7.28. The van der Waals surface area contributed by atoms with Crippen LogP contribution in [0.5, 0.6) is 6.01 Å². The molecule has 0 saturated carbocycles. The Morgan fingerprint density at radius 1 is 1.22 bits per heavy atom. The summed E-state index contributed by atoms with van der Waals surface area (Å²) in [6, 6.07) is -1.17. The number of allylic oxidation sites excluding steroid dienone is 2. The van der Waals surface area contributed by atoms with Crippen LogP contribution in [0.4, 0.5) is 10.7 Å². The minimum Gasteiger partial charge on any atom is -0.467 e. The highest BCUT2D eigenvalue weighted by Crippen LogP contribution is 2.18. The zero-order valence-electron chi connectivity index (χ0n) is 14.4. The topological polar surface area (TPSA) is 149 Å². The van der Waals surface area contributed by atoms with Gasteiger partial charge in [-0.25, -0.2) is 22.7 Å². The van der Waals surface area contributed by atoms with E-state index < -0.39 is 27.3 Å². The smallest absolute Gasteiger partial charge is 0.339 e. The molecule has 0 fully saturated rings. The largest absolute Gasteiger partial charge is 0.467 e. The van der Waals surface area contributed by atoms with Crippen molar-refractivity contribution in [1.29, 1.82) is 0 Å². The lowest BCUT2D eigenvalue weighted by molar-refractivity contribution is -0.135. The maximum Gasteiger partial charge on any atom is 0.339 e. The molecule has 0 aliphatic heterocycles. The van der Waals surface area contributed by atoms with Gasteiger partial charge >= 0.3 is 18.0 Å². The van der Waals surface area contributed by atoms with Crippen LogP contribution in [-0.4, -0.2) is 59.7 Å². The Bertz CT molecular complexity index is 957. The molecular weight excluding hydrogens is 398 g/mol. The van der Waals surface area contributed by atoms with Crippen molar-refractivity contribution in [1.82, 2.24) is 19.7 Å². The first-order valence-electron chi connectivity index (χ1n) is 7.28. The molecule has 1 atom stereocenters. The molecule has 0 spiro atoms. The molecule has 0 bridgehead atoms. The third-order valence-electron chi connectivity index (χ3n) is 3.18. The van der Waals surface area contributed by atoms with Crippen LogP contribution in [0.3, 0.4) is 0 Å². The van der Waals surface area contributed by atoms with E-state index in [1.165, 1.54) is 32.3 Å². The second kappa shape index (κ2) is 8.18. The van der Waals surface area contributed by atoms with E-state index in [4.69, 9.17) is 17.0 Å². The third kappa shape index (κ3) is 4.83. The van der Waals surface area contributed by atoms with Crippen molar-refractivity contribution in [3.05, 3.63) is 29.6 Å². The van der Waals surface area contributed by atoms with Gasteiger partial charge in [0, 0.05) is 0 Å². The first-order chi connectivity index (χ1) is 12.7. The first-order valence-corrected chi connectivity index (χ1v) is 9.23. The maximum absolute atomic E-state index is 12.5. The fraction of sp³-hybridized carbons (Fsp3) is 0.286. The number of esters is 1. The number of methoxy groups -OCH3 is 2. The predicted octanol–water partition coefficient (Wildman–Crippen LogP) is 0.0476. The Morgan fingerprint density at radius 2 is 1.93 bits per heavy atom. The Hall–Kier alpha value is -2.93. The highest BCUT2D eigenvalue weighted by atomic mass is 32.2. The standard InChI is InChI=1S/C14H15N5O6S2/c1-7-15-12(18-14(16-7)25-3)17-13(21)19-27(22,23)9-6-4-5-8(10(9)26)11(20)24-2/h4-6,9H,1-3H3,(H2,15,16,17,18,19,21). The van der Waals surface area contributed by atoms with Crippen molar-refractivity contribution in [2.45, 2.75) is 12.2 Å². The number of hydrogen-bond donors (Lipinski definition) is 2. The summed E-state index contributed by atoms with van der Waals surface area (Å²) in [4.78, 5) is 35.0. The molecule has 1 aromatic rings. The highest BCUT2D eigenvalue weighted by Gasteiger charge is 2.34. The maximum atomic E-state index is 12.5. The summed E-state index contributed by atoms with van der Waals surface area (Å²) in [7, 11) is -1.83. The fourth-order valence-electron chi connectivity index (χ4n) is 2.02. The van der Waals surface area contributed by atoms with E-state index in [-0.39, 0.29) is 28.2 Å². The van der Waals surface area contributed by atoms with Crippen molar-refractivity contribution in [3.63, 3.8) is 0 Å². The molecule has 27 heavy (non-hydrogen) atoms. The lowest BCUT2D eigenvalue weighted by Crippen LogP contribution is -2.44. The van der Waals surface area contributed by atoms with Gasteiger partial charge in [0.2, 0.25) is 16.0 Å². The van der Waals surface area contributed by atoms with Crippen molar-refractivity contribution in [2.75, 3.05) is 19.5 Å². The van der Waals surface area contributed by atoms with Crippen LogP contribution in [0, 0.1) is 6.92 Å². The Labute approximate surface area is 159 Å². The predicted molar refractivity (Wildman–Crippen MR) is 97.8 cm³/mol. The van der Waals surface area contributed by atoms with Gasteiger partial charge in [-0.05, 0) is 13.0 Å². The monoisotopic (exact) mass is 413 g/mol. The number of aryl methyl sites for hydroxylation is 1. The van der Waals surface area contributed by atoms with Crippen LogP contribution in [-0.2, 0) is 19.6 Å². The number of sulfonamides is 1. The summed E-state index contributed by atoms with van der Waals surface area (Å²) in [5.74, 6) is -0.727. The molecule has 1 aliphatic carbocycles. The van der Waals surface area contributed by atoms with E-state index >= 15 is 0 Å². The zero-order valence-corrected chi connectivity index (χ0v) is 16.1. The molecule has 11 nitrogen and oxygen atoms in total. The number of rotatable bonds is 5. The summed E-state index contributed by atoms with van der Waals surface area (Å²) in [5, 5.41) is 0.757. The van der Waals surface area contributed by atoms with Crippen molar-refractivity contribution in [2.24, 2.45) is 0 Å². The van der Waals surface area contributed by atoms with E-state index in [1.54, 1.807) is 4.72 Å². The second-order valence-electron chi connectivity index (χ2n) is 5.04. The molecule has 144 valence electrons. The molecule has 0 saturated heterocycles. The quantitative estimate of drug-likeness (QED) is 0.500. The number of aromatic nitrogens is 3. The third-order valence-corrected chi connectivity index (χ3v) is 5.34. The Morgan fingerprint density at radius 3 is 2.56 bits per heavy atom. The van der Waals surface area contributed by atoms with Crippen LogP contribution in [0.25, 0.3) is 0 Å². The SMILES string of the molecule is COC(=O)C1=CC=CC(S(=O)(=O)NC(=O)Nc2nc(C)nc(OC)n2)C1=S. The van der Waals surface area contributed by atoms with Gasteiger partial charge in [-0.3, -0.25) is 5.32 Å².